The summed E-state index contributed by atoms with van der Waals surface area (Å²) in [5.41, 5.74) is 5.35. The standard InChI is InChI=1S/C19H21F2N5O4/c1-2-30-19(28)9-26(10-19)16-14(20)6-12(7-24-16)13-5-3-4-11(15(13)21)8-29-18(27)25-17(22)23/h3-7,28H,2,8-10H2,1H3,(H4,22,23,25,27). The Morgan fingerprint density at radius 3 is 2.80 bits per heavy atom. The third-order valence-corrected chi connectivity index (χ3v) is 4.40. The predicted octanol–water partition coefficient (Wildman–Crippen LogP) is 1.69. The first-order valence-electron chi connectivity index (χ1n) is 9.05. The van der Waals surface area contributed by atoms with Gasteiger partial charge in [-0.1, -0.05) is 18.2 Å². The Morgan fingerprint density at radius 1 is 1.43 bits per heavy atom. The first-order valence-corrected chi connectivity index (χ1v) is 9.05. The highest BCUT2D eigenvalue weighted by Gasteiger charge is 2.43. The highest BCUT2D eigenvalue weighted by molar-refractivity contribution is 5.90. The minimum Gasteiger partial charge on any atom is -0.444 e. The van der Waals surface area contributed by atoms with E-state index in [2.05, 4.69) is 4.98 Å². The third kappa shape index (κ3) is 4.63. The highest BCUT2D eigenvalue weighted by Crippen LogP contribution is 2.32. The molecule has 1 aliphatic heterocycles. The minimum absolute atomic E-state index is 0.0314. The van der Waals surface area contributed by atoms with Crippen LogP contribution in [0.1, 0.15) is 12.5 Å². The van der Waals surface area contributed by atoms with Crippen LogP contribution in [0.2, 0.25) is 0 Å². The van der Waals surface area contributed by atoms with Crippen LogP contribution in [0.4, 0.5) is 19.4 Å². The molecule has 1 aromatic carbocycles. The largest absolute Gasteiger partial charge is 0.444 e. The maximum Gasteiger partial charge on any atom is 0.414 e. The SMILES string of the molecule is CCOC1(O)CN(c2ncc(-c3cccc(COC(=O)NC(=N)N)c3F)cc2F)C1. The van der Waals surface area contributed by atoms with Gasteiger partial charge in [-0.3, -0.25) is 10.7 Å². The van der Waals surface area contributed by atoms with E-state index in [1.54, 1.807) is 6.92 Å². The Balaban J connectivity index is 1.74. The van der Waals surface area contributed by atoms with Gasteiger partial charge in [-0.05, 0) is 13.0 Å². The molecule has 0 saturated carbocycles. The molecule has 2 heterocycles. The van der Waals surface area contributed by atoms with Crippen molar-refractivity contribution in [3.05, 3.63) is 47.7 Å². The lowest BCUT2D eigenvalue weighted by molar-refractivity contribution is -0.214. The van der Waals surface area contributed by atoms with Gasteiger partial charge in [0, 0.05) is 29.5 Å². The van der Waals surface area contributed by atoms with E-state index in [0.717, 1.165) is 6.07 Å². The van der Waals surface area contributed by atoms with E-state index in [0.29, 0.717) is 6.61 Å². The van der Waals surface area contributed by atoms with Gasteiger partial charge >= 0.3 is 6.09 Å². The molecule has 1 aliphatic rings. The molecule has 0 radical (unpaired) electrons. The van der Waals surface area contributed by atoms with Gasteiger partial charge < -0.3 is 25.2 Å². The smallest absolute Gasteiger partial charge is 0.414 e. The molecule has 5 N–H and O–H groups in total. The summed E-state index contributed by atoms with van der Waals surface area (Å²) in [5, 5.41) is 18.9. The van der Waals surface area contributed by atoms with E-state index in [-0.39, 0.29) is 35.6 Å². The van der Waals surface area contributed by atoms with Gasteiger partial charge in [-0.25, -0.2) is 18.6 Å². The molecule has 9 nitrogen and oxygen atoms in total. The number of nitrogens with one attached hydrogen (secondary N) is 2. The number of anilines is 1. The number of rotatable bonds is 6. The Bertz CT molecular complexity index is 966. The van der Waals surface area contributed by atoms with Crippen molar-refractivity contribution in [1.82, 2.24) is 10.3 Å². The fourth-order valence-corrected chi connectivity index (χ4v) is 3.07. The fraction of sp³-hybridized carbons (Fsp3) is 0.316. The van der Waals surface area contributed by atoms with Crippen molar-refractivity contribution in [1.29, 1.82) is 5.41 Å². The maximum absolute atomic E-state index is 14.8. The molecule has 2 aromatic rings. The number of hydrogen-bond acceptors (Lipinski definition) is 7. The Hall–Kier alpha value is -3.31. The number of nitrogens with zero attached hydrogens (tertiary/aromatic N) is 2. The van der Waals surface area contributed by atoms with E-state index in [4.69, 9.17) is 20.6 Å². The van der Waals surface area contributed by atoms with Crippen LogP contribution in [0, 0.1) is 17.0 Å². The lowest BCUT2D eigenvalue weighted by Crippen LogP contribution is -2.64. The molecule has 11 heteroatoms. The lowest BCUT2D eigenvalue weighted by atomic mass is 10.0. The first kappa shape index (κ1) is 21.4. The normalized spacial score (nSPS) is 14.7. The quantitative estimate of drug-likeness (QED) is 0.317. The average molecular weight is 421 g/mol. The maximum atomic E-state index is 14.8. The van der Waals surface area contributed by atoms with Crippen LogP contribution in [0.15, 0.2) is 30.5 Å². The van der Waals surface area contributed by atoms with Crippen LogP contribution >= 0.6 is 0 Å². The zero-order chi connectivity index (χ0) is 21.9. The van der Waals surface area contributed by atoms with Gasteiger partial charge in [0.1, 0.15) is 12.4 Å². The number of carbonyl (C=O) groups is 1. The number of nitrogens with two attached hydrogens (primary N) is 1. The Labute approximate surface area is 170 Å². The number of alkyl carbamates (subject to hydrolysis) is 1. The number of aromatic nitrogens is 1. The molecular formula is C19H21F2N5O4. The van der Waals surface area contributed by atoms with Gasteiger partial charge in [0.15, 0.2) is 17.6 Å². The van der Waals surface area contributed by atoms with Gasteiger partial charge in [-0.15, -0.1) is 0 Å². The van der Waals surface area contributed by atoms with E-state index in [1.807, 2.05) is 5.32 Å². The van der Waals surface area contributed by atoms with E-state index in [1.165, 1.54) is 29.3 Å². The van der Waals surface area contributed by atoms with Crippen molar-refractivity contribution in [3.8, 4) is 11.1 Å². The monoisotopic (exact) mass is 421 g/mol. The van der Waals surface area contributed by atoms with Crippen LogP contribution in [0.3, 0.4) is 0 Å². The van der Waals surface area contributed by atoms with E-state index in [9.17, 15) is 18.7 Å². The third-order valence-electron chi connectivity index (χ3n) is 4.40. The molecule has 1 aromatic heterocycles. The second-order valence-electron chi connectivity index (χ2n) is 6.66. The van der Waals surface area contributed by atoms with Crippen LogP contribution in [0.5, 0.6) is 0 Å². The number of β-amino-alcohol motifs (C(OH)–C–C–N with tert-alkyl or cyclic N) is 1. The summed E-state index contributed by atoms with van der Waals surface area (Å²) in [6, 6.07) is 5.53. The summed E-state index contributed by atoms with van der Waals surface area (Å²) < 4.78 is 39.4. The number of pyridine rings is 1. The number of ether oxygens (including phenoxy) is 2. The molecule has 1 amide bonds. The fourth-order valence-electron chi connectivity index (χ4n) is 3.07. The van der Waals surface area contributed by atoms with Crippen molar-refractivity contribution in [2.24, 2.45) is 5.73 Å². The second kappa shape index (κ2) is 8.59. The van der Waals surface area contributed by atoms with Crippen LogP contribution in [-0.2, 0) is 16.1 Å². The van der Waals surface area contributed by atoms with Gasteiger partial charge in [-0.2, -0.15) is 0 Å². The van der Waals surface area contributed by atoms with Gasteiger partial charge in [0.2, 0.25) is 5.79 Å². The molecule has 0 spiro atoms. The van der Waals surface area contributed by atoms with Crippen molar-refractivity contribution in [3.63, 3.8) is 0 Å². The summed E-state index contributed by atoms with van der Waals surface area (Å²) >= 11 is 0. The molecule has 160 valence electrons. The Morgan fingerprint density at radius 2 is 2.17 bits per heavy atom. The summed E-state index contributed by atoms with van der Waals surface area (Å²) in [6.07, 6.45) is 0.327. The van der Waals surface area contributed by atoms with Crippen molar-refractivity contribution >= 4 is 17.9 Å². The predicted molar refractivity (Wildman–Crippen MR) is 104 cm³/mol. The topological polar surface area (TPSA) is 134 Å². The summed E-state index contributed by atoms with van der Waals surface area (Å²) in [4.78, 5) is 17.0. The highest BCUT2D eigenvalue weighted by atomic mass is 19.1. The first-order chi connectivity index (χ1) is 14.2. The summed E-state index contributed by atoms with van der Waals surface area (Å²) in [7, 11) is 0. The molecule has 0 unspecified atom stereocenters. The van der Waals surface area contributed by atoms with Gasteiger partial charge in [0.25, 0.3) is 0 Å². The average Bonchev–Trinajstić information content (AvgIpc) is 2.65. The van der Waals surface area contributed by atoms with E-state index < -0.39 is 36.1 Å². The van der Waals surface area contributed by atoms with E-state index >= 15 is 0 Å². The zero-order valence-corrected chi connectivity index (χ0v) is 16.1. The van der Waals surface area contributed by atoms with Crippen LogP contribution in [0.25, 0.3) is 11.1 Å². The molecule has 3 rings (SSSR count). The van der Waals surface area contributed by atoms with Crippen LogP contribution in [-0.4, -0.2) is 47.6 Å². The summed E-state index contributed by atoms with van der Waals surface area (Å²) in [5.74, 6) is -3.26. The number of hydrogen-bond donors (Lipinski definition) is 4. The molecule has 1 saturated heterocycles. The molecule has 0 atom stereocenters. The number of guanidine groups is 1. The number of benzene rings is 1. The van der Waals surface area contributed by atoms with Crippen LogP contribution < -0.4 is 16.0 Å². The summed E-state index contributed by atoms with van der Waals surface area (Å²) in [6.45, 7) is 1.82. The molecule has 1 fully saturated rings. The second-order valence-corrected chi connectivity index (χ2v) is 6.66. The lowest BCUT2D eigenvalue weighted by Gasteiger charge is -2.46. The molecule has 0 bridgehead atoms. The van der Waals surface area contributed by atoms with Crippen molar-refractivity contribution in [2.75, 3.05) is 24.6 Å². The van der Waals surface area contributed by atoms with Crippen molar-refractivity contribution < 1.29 is 28.2 Å². The number of carbonyl (C=O) groups excluding carboxylic acids is 1. The molecular weight excluding hydrogens is 400 g/mol. The number of aliphatic hydroxyl groups is 1. The molecule has 30 heavy (non-hydrogen) atoms. The van der Waals surface area contributed by atoms with Gasteiger partial charge in [0.05, 0.1) is 13.1 Å². The minimum atomic E-state index is -1.32. The van der Waals surface area contributed by atoms with Crippen molar-refractivity contribution in [2.45, 2.75) is 19.3 Å². The Kier molecular flexibility index (Phi) is 6.13. The number of halogens is 2. The molecule has 0 aliphatic carbocycles. The zero-order valence-electron chi connectivity index (χ0n) is 16.1. The number of amides is 1.